The Bertz CT molecular complexity index is 589. The molecule has 0 aliphatic heterocycles. The highest BCUT2D eigenvalue weighted by molar-refractivity contribution is 7.99. The maximum Gasteiger partial charge on any atom is 0.288 e. The van der Waals surface area contributed by atoms with E-state index in [1.54, 1.807) is 24.3 Å². The number of halogens is 4. The van der Waals surface area contributed by atoms with Gasteiger partial charge in [0.1, 0.15) is 0 Å². The fourth-order valence-electron chi connectivity index (χ4n) is 1.69. The van der Waals surface area contributed by atoms with Crippen molar-refractivity contribution in [2.45, 2.75) is 17.2 Å². The van der Waals surface area contributed by atoms with Crippen LogP contribution in [0.1, 0.15) is 5.56 Å². The maximum atomic E-state index is 13.5. The first-order valence-corrected chi connectivity index (χ1v) is 6.66. The summed E-state index contributed by atoms with van der Waals surface area (Å²) in [6, 6.07) is 10.3. The molecule has 0 radical (unpaired) electrons. The normalized spacial score (nSPS) is 10.8. The van der Waals surface area contributed by atoms with Crippen LogP contribution < -0.4 is 5.32 Å². The summed E-state index contributed by atoms with van der Waals surface area (Å²) in [6.45, 7) is 0.0183. The molecular formula is C14H11F4NS. The van der Waals surface area contributed by atoms with Gasteiger partial charge >= 0.3 is 0 Å². The number of alkyl halides is 2. The number of anilines is 1. The second kappa shape index (κ2) is 6.65. The molecule has 0 amide bonds. The number of nitrogens with one attached hydrogen (secondary N) is 1. The summed E-state index contributed by atoms with van der Waals surface area (Å²) in [5.41, 5.74) is 0.600. The smallest absolute Gasteiger partial charge is 0.288 e. The van der Waals surface area contributed by atoms with E-state index in [2.05, 4.69) is 5.32 Å². The molecule has 0 aliphatic rings. The summed E-state index contributed by atoms with van der Waals surface area (Å²) >= 11 is 0.404. The SMILES string of the molecule is Fc1cccc(CNc2ccccc2SC(F)F)c1F. The first-order valence-electron chi connectivity index (χ1n) is 5.78. The average Bonchev–Trinajstić information content (AvgIpc) is 2.41. The lowest BCUT2D eigenvalue weighted by Crippen LogP contribution is -2.04. The lowest BCUT2D eigenvalue weighted by atomic mass is 10.2. The Balaban J connectivity index is 2.13. The summed E-state index contributed by atoms with van der Waals surface area (Å²) in [5, 5.41) is 2.84. The number of hydrogen-bond acceptors (Lipinski definition) is 2. The highest BCUT2D eigenvalue weighted by Crippen LogP contribution is 2.31. The van der Waals surface area contributed by atoms with Crippen LogP contribution in [0.5, 0.6) is 0 Å². The van der Waals surface area contributed by atoms with E-state index >= 15 is 0 Å². The van der Waals surface area contributed by atoms with E-state index in [0.29, 0.717) is 22.3 Å². The van der Waals surface area contributed by atoms with Crippen LogP contribution in [-0.2, 0) is 6.54 Å². The number of hydrogen-bond donors (Lipinski definition) is 1. The van der Waals surface area contributed by atoms with E-state index < -0.39 is 17.4 Å². The van der Waals surface area contributed by atoms with E-state index in [1.807, 2.05) is 0 Å². The molecule has 106 valence electrons. The van der Waals surface area contributed by atoms with Crippen LogP contribution in [0, 0.1) is 11.6 Å². The van der Waals surface area contributed by atoms with Crippen LogP contribution in [0.25, 0.3) is 0 Å². The quantitative estimate of drug-likeness (QED) is 0.623. The highest BCUT2D eigenvalue weighted by atomic mass is 32.2. The summed E-state index contributed by atoms with van der Waals surface area (Å²) in [5.74, 6) is -4.40. The van der Waals surface area contributed by atoms with Crippen LogP contribution in [-0.4, -0.2) is 5.76 Å². The van der Waals surface area contributed by atoms with Gasteiger partial charge in [-0.1, -0.05) is 36.0 Å². The Labute approximate surface area is 118 Å². The molecule has 6 heteroatoms. The van der Waals surface area contributed by atoms with Gasteiger partial charge in [0.25, 0.3) is 5.76 Å². The Morgan fingerprint density at radius 1 is 1.00 bits per heavy atom. The third kappa shape index (κ3) is 3.66. The van der Waals surface area contributed by atoms with Gasteiger partial charge in [-0.3, -0.25) is 0 Å². The minimum absolute atomic E-state index is 0.0183. The molecule has 0 fully saturated rings. The Hall–Kier alpha value is -1.69. The number of thioether (sulfide) groups is 1. The fraction of sp³-hybridized carbons (Fsp3) is 0.143. The van der Waals surface area contributed by atoms with Gasteiger partial charge in [-0.15, -0.1) is 0 Å². The van der Waals surface area contributed by atoms with Crippen LogP contribution in [0.4, 0.5) is 23.2 Å². The van der Waals surface area contributed by atoms with E-state index in [-0.39, 0.29) is 12.1 Å². The largest absolute Gasteiger partial charge is 0.380 e. The maximum absolute atomic E-state index is 13.5. The average molecular weight is 301 g/mol. The monoisotopic (exact) mass is 301 g/mol. The molecule has 0 saturated heterocycles. The van der Waals surface area contributed by atoms with Gasteiger partial charge in [-0.25, -0.2) is 8.78 Å². The minimum atomic E-state index is -2.54. The van der Waals surface area contributed by atoms with Crippen molar-refractivity contribution in [3.8, 4) is 0 Å². The van der Waals surface area contributed by atoms with Gasteiger partial charge in [-0.2, -0.15) is 8.78 Å². The van der Waals surface area contributed by atoms with E-state index in [0.717, 1.165) is 6.07 Å². The molecular weight excluding hydrogens is 290 g/mol. The van der Waals surface area contributed by atoms with Crippen LogP contribution in [0.15, 0.2) is 47.4 Å². The van der Waals surface area contributed by atoms with Crippen molar-refractivity contribution in [3.05, 3.63) is 59.7 Å². The van der Waals surface area contributed by atoms with E-state index in [4.69, 9.17) is 0 Å². The Kier molecular flexibility index (Phi) is 4.89. The van der Waals surface area contributed by atoms with Crippen LogP contribution in [0.3, 0.4) is 0 Å². The molecule has 1 N–H and O–H groups in total. The lowest BCUT2D eigenvalue weighted by Gasteiger charge is -2.12. The molecule has 0 heterocycles. The molecule has 0 spiro atoms. The van der Waals surface area contributed by atoms with Gasteiger partial charge in [0.05, 0.1) is 0 Å². The van der Waals surface area contributed by atoms with Gasteiger partial charge in [-0.05, 0) is 18.2 Å². The summed E-state index contributed by atoms with van der Waals surface area (Å²) in [4.78, 5) is 0.360. The lowest BCUT2D eigenvalue weighted by molar-refractivity contribution is 0.252. The topological polar surface area (TPSA) is 12.0 Å². The standard InChI is InChI=1S/C14H11F4NS/c15-10-5-3-4-9(13(10)16)8-19-11-6-1-2-7-12(11)20-14(17)18/h1-7,14,19H,8H2. The Morgan fingerprint density at radius 3 is 2.50 bits per heavy atom. The molecule has 0 saturated carbocycles. The molecule has 0 aliphatic carbocycles. The van der Waals surface area contributed by atoms with E-state index in [9.17, 15) is 17.6 Å². The van der Waals surface area contributed by atoms with Crippen LogP contribution in [0.2, 0.25) is 0 Å². The van der Waals surface area contributed by atoms with Crippen molar-refractivity contribution in [3.63, 3.8) is 0 Å². The highest BCUT2D eigenvalue weighted by Gasteiger charge is 2.11. The van der Waals surface area contributed by atoms with Gasteiger partial charge in [0, 0.05) is 22.7 Å². The van der Waals surface area contributed by atoms with E-state index in [1.165, 1.54) is 12.1 Å². The molecule has 1 nitrogen and oxygen atoms in total. The second-order valence-electron chi connectivity index (χ2n) is 3.94. The van der Waals surface area contributed by atoms with Crippen molar-refractivity contribution >= 4 is 17.4 Å². The van der Waals surface area contributed by atoms with Gasteiger partial charge < -0.3 is 5.32 Å². The molecule has 0 aromatic heterocycles. The van der Waals surface area contributed by atoms with Crippen molar-refractivity contribution in [2.75, 3.05) is 5.32 Å². The Morgan fingerprint density at radius 2 is 1.75 bits per heavy atom. The molecule has 2 aromatic rings. The minimum Gasteiger partial charge on any atom is -0.380 e. The number of benzene rings is 2. The summed E-state index contributed by atoms with van der Waals surface area (Å²) < 4.78 is 51.3. The zero-order valence-corrected chi connectivity index (χ0v) is 11.1. The van der Waals surface area contributed by atoms with Crippen LogP contribution >= 0.6 is 11.8 Å². The predicted octanol–water partition coefficient (Wildman–Crippen LogP) is 4.89. The first kappa shape index (κ1) is 14.7. The van der Waals surface area contributed by atoms with Gasteiger partial charge in [0.2, 0.25) is 0 Å². The summed E-state index contributed by atoms with van der Waals surface area (Å²) in [6.07, 6.45) is 0. The molecule has 0 atom stereocenters. The fourth-order valence-corrected chi connectivity index (χ4v) is 2.30. The molecule has 2 aromatic carbocycles. The van der Waals surface area contributed by atoms with Gasteiger partial charge in [0.15, 0.2) is 11.6 Å². The molecule has 0 bridgehead atoms. The number of para-hydroxylation sites is 1. The molecule has 0 unspecified atom stereocenters. The third-order valence-corrected chi connectivity index (χ3v) is 3.39. The second-order valence-corrected chi connectivity index (χ2v) is 4.97. The van der Waals surface area contributed by atoms with Crippen molar-refractivity contribution in [1.29, 1.82) is 0 Å². The first-order chi connectivity index (χ1) is 9.58. The predicted molar refractivity (Wildman–Crippen MR) is 72.0 cm³/mol. The molecule has 2 rings (SSSR count). The number of rotatable bonds is 5. The third-order valence-electron chi connectivity index (χ3n) is 2.60. The zero-order chi connectivity index (χ0) is 14.5. The van der Waals surface area contributed by atoms with Crippen molar-refractivity contribution in [2.24, 2.45) is 0 Å². The summed E-state index contributed by atoms with van der Waals surface area (Å²) in [7, 11) is 0. The zero-order valence-electron chi connectivity index (χ0n) is 10.2. The van der Waals surface area contributed by atoms with Crippen molar-refractivity contribution in [1.82, 2.24) is 0 Å². The molecule has 20 heavy (non-hydrogen) atoms. The van der Waals surface area contributed by atoms with Crippen molar-refractivity contribution < 1.29 is 17.6 Å².